The lowest BCUT2D eigenvalue weighted by Gasteiger charge is -2.11. The normalized spacial score (nSPS) is 15.9. The van der Waals surface area contributed by atoms with Crippen molar-refractivity contribution in [2.24, 2.45) is 0 Å². The molecule has 0 unspecified atom stereocenters. The lowest BCUT2D eigenvalue weighted by atomic mass is 10.4. The topological polar surface area (TPSA) is 44.4 Å². The molecule has 1 rings (SSSR count). The molecule has 0 aliphatic carbocycles. The zero-order valence-corrected chi connectivity index (χ0v) is 8.18. The SMILES string of the molecule is C1CNCCN1.CC(=O)N(C)C. The second-order valence-corrected chi connectivity index (χ2v) is 2.91. The maximum absolute atomic E-state index is 10.1. The lowest BCUT2D eigenvalue weighted by molar-refractivity contribution is -0.126. The first-order valence-electron chi connectivity index (χ1n) is 4.24. The van der Waals surface area contributed by atoms with Gasteiger partial charge in [-0.05, 0) is 0 Å². The third-order valence-corrected chi connectivity index (χ3v) is 1.59. The van der Waals surface area contributed by atoms with Crippen LogP contribution in [0.15, 0.2) is 0 Å². The third-order valence-electron chi connectivity index (χ3n) is 1.59. The van der Waals surface area contributed by atoms with Crippen molar-refractivity contribution in [3.05, 3.63) is 0 Å². The van der Waals surface area contributed by atoms with Gasteiger partial charge in [-0.3, -0.25) is 4.79 Å². The number of nitrogens with zero attached hydrogens (tertiary/aromatic N) is 1. The van der Waals surface area contributed by atoms with E-state index in [9.17, 15) is 4.79 Å². The fourth-order valence-electron chi connectivity index (χ4n) is 0.604. The van der Waals surface area contributed by atoms with Gasteiger partial charge in [-0.1, -0.05) is 0 Å². The van der Waals surface area contributed by atoms with Gasteiger partial charge in [0.15, 0.2) is 0 Å². The zero-order chi connectivity index (χ0) is 9.40. The molecule has 0 aromatic carbocycles. The third kappa shape index (κ3) is 7.50. The summed E-state index contributed by atoms with van der Waals surface area (Å²) in [5.74, 6) is 0.0926. The summed E-state index contributed by atoms with van der Waals surface area (Å²) < 4.78 is 0. The van der Waals surface area contributed by atoms with Gasteiger partial charge in [0.1, 0.15) is 0 Å². The van der Waals surface area contributed by atoms with E-state index in [2.05, 4.69) is 10.6 Å². The van der Waals surface area contributed by atoms with Gasteiger partial charge in [0.25, 0.3) is 0 Å². The van der Waals surface area contributed by atoms with Crippen LogP contribution in [0.1, 0.15) is 6.92 Å². The number of hydrogen-bond donors (Lipinski definition) is 2. The van der Waals surface area contributed by atoms with Crippen molar-refractivity contribution >= 4 is 5.91 Å². The molecule has 1 aliphatic heterocycles. The summed E-state index contributed by atoms with van der Waals surface area (Å²) in [4.78, 5) is 11.6. The average Bonchev–Trinajstić information content (AvgIpc) is 2.08. The molecule has 0 saturated carbocycles. The molecule has 1 aliphatic rings. The summed E-state index contributed by atoms with van der Waals surface area (Å²) in [5, 5.41) is 6.44. The number of piperazine rings is 1. The van der Waals surface area contributed by atoms with Gasteiger partial charge in [-0.25, -0.2) is 0 Å². The number of rotatable bonds is 0. The molecule has 0 aromatic heterocycles. The standard InChI is InChI=1S/C4H10N2.C4H9NO/c1-2-6-4-3-5-1;1-4(6)5(2)3/h5-6H,1-4H2;1-3H3. The molecule has 4 heteroatoms. The van der Waals surface area contributed by atoms with E-state index in [1.807, 2.05) is 0 Å². The Morgan fingerprint density at radius 2 is 1.33 bits per heavy atom. The molecule has 1 saturated heterocycles. The van der Waals surface area contributed by atoms with E-state index in [1.54, 1.807) is 14.1 Å². The number of carbonyl (C=O) groups excluding carboxylic acids is 1. The molecule has 0 aromatic rings. The molecule has 72 valence electrons. The highest BCUT2D eigenvalue weighted by atomic mass is 16.2. The molecule has 1 fully saturated rings. The molecular weight excluding hydrogens is 154 g/mol. The number of carbonyl (C=O) groups is 1. The number of hydrogen-bond acceptors (Lipinski definition) is 3. The Morgan fingerprint density at radius 3 is 1.42 bits per heavy atom. The Hall–Kier alpha value is -0.610. The molecular formula is C8H19N3O. The Bertz CT molecular complexity index is 110. The van der Waals surface area contributed by atoms with Crippen molar-refractivity contribution in [2.75, 3.05) is 40.3 Å². The van der Waals surface area contributed by atoms with E-state index >= 15 is 0 Å². The van der Waals surface area contributed by atoms with Crippen molar-refractivity contribution in [1.82, 2.24) is 15.5 Å². The lowest BCUT2D eigenvalue weighted by Crippen LogP contribution is -2.39. The molecule has 1 amide bonds. The fraction of sp³-hybridized carbons (Fsp3) is 0.875. The van der Waals surface area contributed by atoms with Crippen LogP contribution in [0, 0.1) is 0 Å². The molecule has 12 heavy (non-hydrogen) atoms. The molecule has 0 spiro atoms. The second kappa shape index (κ2) is 7.06. The largest absolute Gasteiger partial charge is 0.349 e. The first kappa shape index (κ1) is 11.4. The maximum atomic E-state index is 10.1. The predicted molar refractivity (Wildman–Crippen MR) is 50.1 cm³/mol. The highest BCUT2D eigenvalue weighted by Gasteiger charge is 1.91. The van der Waals surface area contributed by atoms with E-state index in [1.165, 1.54) is 11.8 Å². The summed E-state index contributed by atoms with van der Waals surface area (Å²) in [7, 11) is 3.45. The second-order valence-electron chi connectivity index (χ2n) is 2.91. The minimum Gasteiger partial charge on any atom is -0.349 e. The first-order chi connectivity index (χ1) is 5.64. The molecule has 2 N–H and O–H groups in total. The van der Waals surface area contributed by atoms with Crippen molar-refractivity contribution < 1.29 is 4.79 Å². The van der Waals surface area contributed by atoms with Crippen molar-refractivity contribution in [2.45, 2.75) is 6.92 Å². The summed E-state index contributed by atoms with van der Waals surface area (Å²) in [6, 6.07) is 0. The van der Waals surface area contributed by atoms with E-state index in [0.717, 1.165) is 26.2 Å². The van der Waals surface area contributed by atoms with Crippen LogP contribution in [0.2, 0.25) is 0 Å². The molecule has 1 heterocycles. The Morgan fingerprint density at radius 1 is 1.08 bits per heavy atom. The van der Waals surface area contributed by atoms with Gasteiger partial charge in [0.2, 0.25) is 5.91 Å². The molecule has 4 nitrogen and oxygen atoms in total. The van der Waals surface area contributed by atoms with Crippen LogP contribution in [0.3, 0.4) is 0 Å². The monoisotopic (exact) mass is 173 g/mol. The Labute approximate surface area is 74.3 Å². The van der Waals surface area contributed by atoms with E-state index in [-0.39, 0.29) is 5.91 Å². The first-order valence-corrected chi connectivity index (χ1v) is 4.24. The highest BCUT2D eigenvalue weighted by Crippen LogP contribution is 1.69. The molecule has 0 radical (unpaired) electrons. The average molecular weight is 173 g/mol. The van der Waals surface area contributed by atoms with Crippen molar-refractivity contribution in [1.29, 1.82) is 0 Å². The van der Waals surface area contributed by atoms with Gasteiger partial charge in [0, 0.05) is 47.2 Å². The van der Waals surface area contributed by atoms with Gasteiger partial charge in [-0.15, -0.1) is 0 Å². The van der Waals surface area contributed by atoms with Crippen LogP contribution < -0.4 is 10.6 Å². The van der Waals surface area contributed by atoms with Gasteiger partial charge in [-0.2, -0.15) is 0 Å². The summed E-state index contributed by atoms with van der Waals surface area (Å²) in [6.07, 6.45) is 0. The maximum Gasteiger partial charge on any atom is 0.218 e. The molecule has 0 bridgehead atoms. The van der Waals surface area contributed by atoms with E-state index < -0.39 is 0 Å². The zero-order valence-electron chi connectivity index (χ0n) is 8.18. The van der Waals surface area contributed by atoms with Crippen LogP contribution in [-0.4, -0.2) is 51.1 Å². The Balaban J connectivity index is 0.000000202. The van der Waals surface area contributed by atoms with E-state index in [0.29, 0.717) is 0 Å². The predicted octanol–water partition coefficient (Wildman–Crippen LogP) is -0.726. The van der Waals surface area contributed by atoms with Crippen LogP contribution in [0.4, 0.5) is 0 Å². The quantitative estimate of drug-likeness (QED) is 0.508. The van der Waals surface area contributed by atoms with Crippen molar-refractivity contribution in [3.8, 4) is 0 Å². The van der Waals surface area contributed by atoms with Crippen LogP contribution in [0.5, 0.6) is 0 Å². The minimum absolute atomic E-state index is 0.0926. The summed E-state index contributed by atoms with van der Waals surface area (Å²) in [5.41, 5.74) is 0. The van der Waals surface area contributed by atoms with Gasteiger partial charge in [0.05, 0.1) is 0 Å². The molecule has 0 atom stereocenters. The number of nitrogens with one attached hydrogen (secondary N) is 2. The van der Waals surface area contributed by atoms with Gasteiger partial charge >= 0.3 is 0 Å². The van der Waals surface area contributed by atoms with Gasteiger partial charge < -0.3 is 15.5 Å². The van der Waals surface area contributed by atoms with E-state index in [4.69, 9.17) is 0 Å². The summed E-state index contributed by atoms with van der Waals surface area (Å²) >= 11 is 0. The highest BCUT2D eigenvalue weighted by molar-refractivity contribution is 5.72. The summed E-state index contributed by atoms with van der Waals surface area (Å²) in [6.45, 7) is 6.08. The fourth-order valence-corrected chi connectivity index (χ4v) is 0.604. The number of amides is 1. The smallest absolute Gasteiger partial charge is 0.218 e. The van der Waals surface area contributed by atoms with Crippen molar-refractivity contribution in [3.63, 3.8) is 0 Å². The van der Waals surface area contributed by atoms with Crippen LogP contribution >= 0.6 is 0 Å². The van der Waals surface area contributed by atoms with Crippen LogP contribution in [-0.2, 0) is 4.79 Å². The van der Waals surface area contributed by atoms with Crippen LogP contribution in [0.25, 0.3) is 0 Å². The minimum atomic E-state index is 0.0926. The Kier molecular flexibility index (Phi) is 6.70.